The van der Waals surface area contributed by atoms with Gasteiger partial charge in [-0.25, -0.2) is 15.0 Å². The molecule has 3 aliphatic heterocycles. The molecule has 22 heavy (non-hydrogen) atoms. The van der Waals surface area contributed by atoms with Gasteiger partial charge >= 0.3 is 0 Å². The first-order valence-electron chi connectivity index (χ1n) is 7.89. The van der Waals surface area contributed by atoms with E-state index >= 15 is 0 Å². The Morgan fingerprint density at radius 2 is 1.05 bits per heavy atom. The van der Waals surface area contributed by atoms with Crippen LogP contribution >= 0.6 is 0 Å². The summed E-state index contributed by atoms with van der Waals surface area (Å²) < 4.78 is 16.8. The lowest BCUT2D eigenvalue weighted by Crippen LogP contribution is -2.38. The maximum atomic E-state index is 5.61. The van der Waals surface area contributed by atoms with Crippen LogP contribution in [0.1, 0.15) is 20.8 Å². The number of rotatable bonds is 6. The van der Waals surface area contributed by atoms with Crippen LogP contribution in [-0.2, 0) is 14.2 Å². The Bertz CT molecular complexity index is 432. The molecule has 0 saturated heterocycles. The Labute approximate surface area is 131 Å². The second-order valence-corrected chi connectivity index (χ2v) is 6.19. The lowest BCUT2D eigenvalue weighted by molar-refractivity contribution is 0.260. The van der Waals surface area contributed by atoms with Crippen LogP contribution in [0.3, 0.4) is 0 Å². The molecule has 3 heterocycles. The molecule has 0 fully saturated rings. The maximum absolute atomic E-state index is 5.61. The third-order valence-corrected chi connectivity index (χ3v) is 3.64. The normalized spacial score (nSPS) is 30.5. The van der Waals surface area contributed by atoms with Crippen LogP contribution in [0.25, 0.3) is 0 Å². The summed E-state index contributed by atoms with van der Waals surface area (Å²) in [7, 11) is 0. The van der Waals surface area contributed by atoms with Gasteiger partial charge in [-0.05, 0) is 20.8 Å². The van der Waals surface area contributed by atoms with E-state index in [1.807, 2.05) is 0 Å². The minimum atomic E-state index is 0.233. The Morgan fingerprint density at radius 3 is 1.27 bits per heavy atom. The smallest absolute Gasteiger partial charge is 0.198 e. The fourth-order valence-electron chi connectivity index (χ4n) is 2.61. The molecule has 0 aliphatic carbocycles. The van der Waals surface area contributed by atoms with Gasteiger partial charge in [0.15, 0.2) is 17.7 Å². The van der Waals surface area contributed by atoms with Gasteiger partial charge in [0.05, 0.1) is 37.8 Å². The summed E-state index contributed by atoms with van der Waals surface area (Å²) >= 11 is 0. The number of hydrogen-bond acceptors (Lipinski definition) is 7. The molecule has 7 heteroatoms. The van der Waals surface area contributed by atoms with Gasteiger partial charge in [-0.15, -0.1) is 0 Å². The van der Waals surface area contributed by atoms with E-state index in [9.17, 15) is 0 Å². The number of ether oxygens (including phenoxy) is 3. The molecule has 7 nitrogen and oxygen atoms in total. The van der Waals surface area contributed by atoms with E-state index < -0.39 is 0 Å². The highest BCUT2D eigenvalue weighted by Gasteiger charge is 2.25. The van der Waals surface area contributed by atoms with E-state index in [1.165, 1.54) is 0 Å². The summed E-state index contributed by atoms with van der Waals surface area (Å²) in [5.74, 6) is 2.31. The van der Waals surface area contributed by atoms with E-state index in [2.05, 4.69) is 40.6 Å². The zero-order chi connectivity index (χ0) is 15.5. The molecule has 3 atom stereocenters. The monoisotopic (exact) mass is 308 g/mol. The van der Waals surface area contributed by atoms with E-state index in [4.69, 9.17) is 14.2 Å². The minimum Gasteiger partial charge on any atom is -0.478 e. The van der Waals surface area contributed by atoms with Crippen LogP contribution in [-0.4, -0.2) is 80.2 Å². The summed E-state index contributed by atoms with van der Waals surface area (Å²) in [5, 5.41) is 0. The lowest BCUT2D eigenvalue weighted by Gasteiger charge is -2.20. The minimum absolute atomic E-state index is 0.233. The fraction of sp³-hybridized carbons (Fsp3) is 0.800. The zero-order valence-corrected chi connectivity index (χ0v) is 13.5. The molecule has 0 unspecified atom stereocenters. The van der Waals surface area contributed by atoms with Crippen molar-refractivity contribution in [2.24, 2.45) is 15.0 Å². The molecule has 3 rings (SSSR count). The zero-order valence-electron chi connectivity index (χ0n) is 13.5. The third-order valence-electron chi connectivity index (χ3n) is 3.64. The second kappa shape index (κ2) is 6.64. The Kier molecular flexibility index (Phi) is 4.61. The summed E-state index contributed by atoms with van der Waals surface area (Å²) in [6.07, 6.45) is 0. The summed E-state index contributed by atoms with van der Waals surface area (Å²) in [6.45, 7) is 10.00. The summed E-state index contributed by atoms with van der Waals surface area (Å²) in [6, 6.07) is 0.700. The average molecular weight is 308 g/mol. The first-order valence-corrected chi connectivity index (χ1v) is 7.89. The van der Waals surface area contributed by atoms with Crippen LogP contribution in [0.5, 0.6) is 0 Å². The highest BCUT2D eigenvalue weighted by molar-refractivity contribution is 5.85. The Balaban J connectivity index is 1.63. The van der Waals surface area contributed by atoms with Crippen molar-refractivity contribution in [1.29, 1.82) is 0 Å². The van der Waals surface area contributed by atoms with Crippen molar-refractivity contribution < 1.29 is 14.2 Å². The molecule has 0 bridgehead atoms. The number of nitrogens with zero attached hydrogens (tertiary/aromatic N) is 4. The quantitative estimate of drug-likeness (QED) is 0.726. The first kappa shape index (κ1) is 15.3. The van der Waals surface area contributed by atoms with E-state index in [0.717, 1.165) is 17.7 Å². The van der Waals surface area contributed by atoms with Gasteiger partial charge in [-0.2, -0.15) is 0 Å². The molecule has 122 valence electrons. The predicted octanol–water partition coefficient (Wildman–Crippen LogP) is 0.740. The van der Waals surface area contributed by atoms with Crippen LogP contribution in [0.15, 0.2) is 15.0 Å². The summed E-state index contributed by atoms with van der Waals surface area (Å²) in [4.78, 5) is 15.7. The highest BCUT2D eigenvalue weighted by Crippen LogP contribution is 2.10. The topological polar surface area (TPSA) is 68.0 Å². The molecule has 0 aromatic rings. The molecule has 0 spiro atoms. The van der Waals surface area contributed by atoms with Crippen LogP contribution in [0.2, 0.25) is 0 Å². The standard InChI is InChI=1S/C15H24N4O3/c1-10-7-20-13(16-10)4-19(5-14-17-11(2)8-21-14)6-15-18-12(3)9-22-15/h10-12H,4-9H2,1-3H3/t10-,11-,12-/m0/s1. The third kappa shape index (κ3) is 3.97. The molecule has 0 radical (unpaired) electrons. The summed E-state index contributed by atoms with van der Waals surface area (Å²) in [5.41, 5.74) is 0. The molecular formula is C15H24N4O3. The van der Waals surface area contributed by atoms with Crippen molar-refractivity contribution in [3.63, 3.8) is 0 Å². The van der Waals surface area contributed by atoms with Gasteiger partial charge in [-0.1, -0.05) is 0 Å². The Morgan fingerprint density at radius 1 is 0.727 bits per heavy atom. The first-order chi connectivity index (χ1) is 10.6. The van der Waals surface area contributed by atoms with Crippen molar-refractivity contribution in [3.05, 3.63) is 0 Å². The van der Waals surface area contributed by atoms with Crippen LogP contribution < -0.4 is 0 Å². The van der Waals surface area contributed by atoms with Gasteiger partial charge in [0, 0.05) is 0 Å². The van der Waals surface area contributed by atoms with Crippen molar-refractivity contribution in [3.8, 4) is 0 Å². The van der Waals surface area contributed by atoms with E-state index in [-0.39, 0.29) is 18.1 Å². The van der Waals surface area contributed by atoms with Gasteiger partial charge in [0.25, 0.3) is 0 Å². The number of hydrogen-bond donors (Lipinski definition) is 0. The van der Waals surface area contributed by atoms with E-state index in [1.54, 1.807) is 0 Å². The van der Waals surface area contributed by atoms with E-state index in [0.29, 0.717) is 39.5 Å². The van der Waals surface area contributed by atoms with Gasteiger partial charge in [0.2, 0.25) is 0 Å². The SMILES string of the molecule is C[C@H]1COC(CN(CC2=N[C@@H](C)CO2)CC2=N[C@@H](C)CO2)=N1. The van der Waals surface area contributed by atoms with Crippen molar-refractivity contribution in [1.82, 2.24) is 4.90 Å². The molecule has 0 amide bonds. The predicted molar refractivity (Wildman–Crippen MR) is 85.0 cm³/mol. The van der Waals surface area contributed by atoms with Gasteiger partial charge < -0.3 is 14.2 Å². The maximum Gasteiger partial charge on any atom is 0.198 e. The lowest BCUT2D eigenvalue weighted by atomic mass is 10.4. The molecule has 3 aliphatic rings. The highest BCUT2D eigenvalue weighted by atomic mass is 16.5. The van der Waals surface area contributed by atoms with Crippen molar-refractivity contribution in [2.75, 3.05) is 39.5 Å². The van der Waals surface area contributed by atoms with Crippen molar-refractivity contribution in [2.45, 2.75) is 38.9 Å². The largest absolute Gasteiger partial charge is 0.478 e. The van der Waals surface area contributed by atoms with Crippen LogP contribution in [0.4, 0.5) is 0 Å². The van der Waals surface area contributed by atoms with Crippen LogP contribution in [0, 0.1) is 0 Å². The average Bonchev–Trinajstić information content (AvgIpc) is 3.14. The molecule has 0 aromatic carbocycles. The molecule has 0 N–H and O–H groups in total. The van der Waals surface area contributed by atoms with Gasteiger partial charge in [0.1, 0.15) is 19.8 Å². The molecule has 0 saturated carbocycles. The molecular weight excluding hydrogens is 284 g/mol. The number of aliphatic imine (C=N–C) groups is 3. The second-order valence-electron chi connectivity index (χ2n) is 6.19. The Hall–Kier alpha value is -1.63. The molecule has 0 aromatic heterocycles. The fourth-order valence-corrected chi connectivity index (χ4v) is 2.61. The van der Waals surface area contributed by atoms with Gasteiger partial charge in [-0.3, -0.25) is 4.90 Å². The van der Waals surface area contributed by atoms with Crippen molar-refractivity contribution >= 4 is 17.7 Å².